The summed E-state index contributed by atoms with van der Waals surface area (Å²) < 4.78 is 13.4. The molecule has 0 bridgehead atoms. The van der Waals surface area contributed by atoms with Crippen LogP contribution in [0.25, 0.3) is 16.3 Å². The molecule has 0 saturated heterocycles. The van der Waals surface area contributed by atoms with E-state index in [2.05, 4.69) is 29.6 Å². The van der Waals surface area contributed by atoms with Crippen molar-refractivity contribution in [2.45, 2.75) is 25.3 Å². The van der Waals surface area contributed by atoms with Gasteiger partial charge in [0.1, 0.15) is 5.82 Å². The third-order valence-corrected chi connectivity index (χ3v) is 5.48. The van der Waals surface area contributed by atoms with Gasteiger partial charge in [0.2, 0.25) is 0 Å². The first-order valence-corrected chi connectivity index (χ1v) is 9.03. The van der Waals surface area contributed by atoms with E-state index in [0.717, 1.165) is 40.8 Å². The Labute approximate surface area is 151 Å². The highest BCUT2D eigenvalue weighted by Crippen LogP contribution is 2.47. The predicted octanol–water partition coefficient (Wildman–Crippen LogP) is 5.65. The van der Waals surface area contributed by atoms with E-state index >= 15 is 0 Å². The van der Waals surface area contributed by atoms with Crippen LogP contribution in [0, 0.1) is 5.82 Å². The number of ketones is 1. The molecule has 0 aromatic heterocycles. The molecule has 3 heteroatoms. The molecule has 0 fully saturated rings. The largest absolute Gasteiger partial charge is 0.373 e. The molecule has 1 aliphatic carbocycles. The van der Waals surface area contributed by atoms with Gasteiger partial charge in [-0.2, -0.15) is 0 Å². The van der Waals surface area contributed by atoms with E-state index in [1.165, 1.54) is 22.9 Å². The molecule has 3 aromatic carbocycles. The predicted molar refractivity (Wildman–Crippen MR) is 102 cm³/mol. The van der Waals surface area contributed by atoms with Crippen molar-refractivity contribution < 1.29 is 9.18 Å². The topological polar surface area (TPSA) is 29.1 Å². The van der Waals surface area contributed by atoms with Crippen LogP contribution in [0.1, 0.15) is 36.4 Å². The first kappa shape index (κ1) is 15.3. The van der Waals surface area contributed by atoms with Crippen molar-refractivity contribution in [2.24, 2.45) is 0 Å². The zero-order valence-electron chi connectivity index (χ0n) is 14.3. The Kier molecular flexibility index (Phi) is 3.42. The molecule has 3 aromatic rings. The number of carbonyl (C=O) groups excluding carboxylic acids is 1. The van der Waals surface area contributed by atoms with Crippen LogP contribution in [-0.4, -0.2) is 5.78 Å². The van der Waals surface area contributed by atoms with Crippen molar-refractivity contribution >= 4 is 27.8 Å². The fourth-order valence-electron chi connectivity index (χ4n) is 4.31. The van der Waals surface area contributed by atoms with Gasteiger partial charge < -0.3 is 5.32 Å². The van der Waals surface area contributed by atoms with Crippen molar-refractivity contribution in [3.63, 3.8) is 0 Å². The van der Waals surface area contributed by atoms with Crippen LogP contribution in [0.2, 0.25) is 0 Å². The van der Waals surface area contributed by atoms with Crippen LogP contribution in [0.4, 0.5) is 10.1 Å². The monoisotopic (exact) mass is 343 g/mol. The third kappa shape index (κ3) is 2.27. The fourth-order valence-corrected chi connectivity index (χ4v) is 4.31. The molecule has 26 heavy (non-hydrogen) atoms. The minimum atomic E-state index is -0.264. The van der Waals surface area contributed by atoms with Gasteiger partial charge in [-0.15, -0.1) is 0 Å². The lowest BCUT2D eigenvalue weighted by atomic mass is 9.77. The summed E-state index contributed by atoms with van der Waals surface area (Å²) in [5.41, 5.74) is 5.14. The number of hydrogen-bond donors (Lipinski definition) is 1. The van der Waals surface area contributed by atoms with Gasteiger partial charge in [-0.05, 0) is 52.9 Å². The first-order chi connectivity index (χ1) is 12.7. The highest BCUT2D eigenvalue weighted by Gasteiger charge is 2.34. The van der Waals surface area contributed by atoms with Crippen LogP contribution in [-0.2, 0) is 4.79 Å². The lowest BCUT2D eigenvalue weighted by Gasteiger charge is -2.35. The number of nitrogens with one attached hydrogen (secondary N) is 1. The minimum absolute atomic E-state index is 0.201. The van der Waals surface area contributed by atoms with Gasteiger partial charge in [0, 0.05) is 23.2 Å². The van der Waals surface area contributed by atoms with Crippen LogP contribution in [0.3, 0.4) is 0 Å². The Bertz CT molecular complexity index is 1070. The number of anilines is 1. The molecule has 0 amide bonds. The molecule has 1 aliphatic heterocycles. The Hall–Kier alpha value is -2.94. The number of carbonyl (C=O) groups is 1. The molecular formula is C23H18FNO. The highest BCUT2D eigenvalue weighted by atomic mass is 19.1. The summed E-state index contributed by atoms with van der Waals surface area (Å²) in [6.07, 6.45) is 2.37. The lowest BCUT2D eigenvalue weighted by Crippen LogP contribution is -2.27. The Morgan fingerprint density at radius 3 is 2.58 bits per heavy atom. The molecule has 1 unspecified atom stereocenters. The minimum Gasteiger partial charge on any atom is -0.373 e. The van der Waals surface area contributed by atoms with Crippen molar-refractivity contribution in [3.8, 4) is 0 Å². The molecule has 1 N–H and O–H groups in total. The van der Waals surface area contributed by atoms with Gasteiger partial charge >= 0.3 is 0 Å². The van der Waals surface area contributed by atoms with Crippen LogP contribution < -0.4 is 5.32 Å². The summed E-state index contributed by atoms with van der Waals surface area (Å²) in [5.74, 6) is -0.0632. The van der Waals surface area contributed by atoms with E-state index in [4.69, 9.17) is 0 Å². The van der Waals surface area contributed by atoms with Gasteiger partial charge in [0.25, 0.3) is 0 Å². The summed E-state index contributed by atoms with van der Waals surface area (Å²) >= 11 is 0. The zero-order chi connectivity index (χ0) is 17.7. The number of halogens is 1. The number of fused-ring (bicyclic) bond motifs is 4. The van der Waals surface area contributed by atoms with Crippen LogP contribution in [0.15, 0.2) is 66.2 Å². The molecule has 1 atom stereocenters. The van der Waals surface area contributed by atoms with E-state index in [1.54, 1.807) is 12.1 Å². The maximum absolute atomic E-state index is 13.4. The fraction of sp³-hybridized carbons (Fsp3) is 0.174. The summed E-state index contributed by atoms with van der Waals surface area (Å²) in [7, 11) is 0. The second kappa shape index (κ2) is 5.80. The quantitative estimate of drug-likeness (QED) is 0.618. The van der Waals surface area contributed by atoms with Gasteiger partial charge in [-0.1, -0.05) is 42.5 Å². The normalized spacial score (nSPS) is 19.1. The molecule has 0 spiro atoms. The van der Waals surface area contributed by atoms with Crippen LogP contribution in [0.5, 0.6) is 0 Å². The average Bonchev–Trinajstić information content (AvgIpc) is 2.68. The molecule has 2 nitrogen and oxygen atoms in total. The van der Waals surface area contributed by atoms with Gasteiger partial charge in [0.05, 0.1) is 6.04 Å². The molecule has 2 aliphatic rings. The highest BCUT2D eigenvalue weighted by molar-refractivity contribution is 6.12. The maximum atomic E-state index is 13.4. The smallest absolute Gasteiger partial charge is 0.161 e. The number of benzene rings is 3. The molecular weight excluding hydrogens is 325 g/mol. The van der Waals surface area contributed by atoms with E-state index in [9.17, 15) is 9.18 Å². The Morgan fingerprint density at radius 1 is 0.923 bits per heavy atom. The number of allylic oxidation sites excluding steroid dienone is 1. The van der Waals surface area contributed by atoms with Gasteiger partial charge in [-0.3, -0.25) is 4.79 Å². The van der Waals surface area contributed by atoms with Crippen molar-refractivity contribution in [2.75, 3.05) is 5.32 Å². The molecule has 5 rings (SSSR count). The molecule has 0 radical (unpaired) electrons. The Balaban J connectivity index is 1.78. The van der Waals surface area contributed by atoms with Gasteiger partial charge in [-0.25, -0.2) is 4.39 Å². The number of rotatable bonds is 1. The molecule has 0 saturated carbocycles. The summed E-state index contributed by atoms with van der Waals surface area (Å²) in [4.78, 5) is 12.9. The van der Waals surface area contributed by atoms with Crippen molar-refractivity contribution in [3.05, 3.63) is 83.2 Å². The van der Waals surface area contributed by atoms with Crippen molar-refractivity contribution in [1.82, 2.24) is 0 Å². The summed E-state index contributed by atoms with van der Waals surface area (Å²) in [6, 6.07) is 18.7. The van der Waals surface area contributed by atoms with E-state index in [1.807, 2.05) is 12.1 Å². The standard InChI is InChI=1S/C23H18FNO/c24-16-11-8-15(9-12-16)23-22-18(6-3-7-20(22)26)21-17-5-2-1-4-14(17)10-13-19(21)25-23/h1-2,4-5,8-13,23,25H,3,6-7H2. The Morgan fingerprint density at radius 2 is 1.73 bits per heavy atom. The summed E-state index contributed by atoms with van der Waals surface area (Å²) in [5, 5.41) is 5.91. The number of hydrogen-bond acceptors (Lipinski definition) is 2. The van der Waals surface area contributed by atoms with Crippen LogP contribution >= 0.6 is 0 Å². The maximum Gasteiger partial charge on any atom is 0.161 e. The number of Topliss-reactive ketones (excluding diaryl/α,β-unsaturated/α-hetero) is 1. The average molecular weight is 343 g/mol. The zero-order valence-corrected chi connectivity index (χ0v) is 14.3. The summed E-state index contributed by atoms with van der Waals surface area (Å²) in [6.45, 7) is 0. The SMILES string of the molecule is O=C1CCCC2=C1C(c1ccc(F)cc1)Nc1ccc3ccccc3c12. The van der Waals surface area contributed by atoms with Gasteiger partial charge in [0.15, 0.2) is 5.78 Å². The van der Waals surface area contributed by atoms with E-state index in [0.29, 0.717) is 6.42 Å². The van der Waals surface area contributed by atoms with Crippen molar-refractivity contribution in [1.29, 1.82) is 0 Å². The first-order valence-electron chi connectivity index (χ1n) is 9.03. The van der Waals surface area contributed by atoms with E-state index in [-0.39, 0.29) is 17.6 Å². The van der Waals surface area contributed by atoms with E-state index < -0.39 is 0 Å². The second-order valence-electron chi connectivity index (χ2n) is 7.01. The second-order valence-corrected chi connectivity index (χ2v) is 7.01. The third-order valence-electron chi connectivity index (χ3n) is 5.48. The lowest BCUT2D eigenvalue weighted by molar-refractivity contribution is -0.116. The molecule has 1 heterocycles. The molecule has 128 valence electrons.